The number of benzene rings is 2. The first-order valence-corrected chi connectivity index (χ1v) is 6.91. The zero-order chi connectivity index (χ0) is 14.8. The third kappa shape index (κ3) is 2.55. The average Bonchev–Trinajstić information content (AvgIpc) is 2.86. The molecule has 0 fully saturated rings. The van der Waals surface area contributed by atoms with Gasteiger partial charge in [0.2, 0.25) is 0 Å². The second-order valence-corrected chi connectivity index (χ2v) is 5.10. The van der Waals surface area contributed by atoms with E-state index in [1.807, 2.05) is 42.6 Å². The van der Waals surface area contributed by atoms with Crippen LogP contribution in [-0.4, -0.2) is 17.5 Å². The van der Waals surface area contributed by atoms with E-state index in [1.54, 1.807) is 14.0 Å². The molecule has 0 unspecified atom stereocenters. The summed E-state index contributed by atoms with van der Waals surface area (Å²) < 4.78 is 7.38. The van der Waals surface area contributed by atoms with E-state index in [2.05, 4.69) is 16.7 Å². The van der Waals surface area contributed by atoms with Gasteiger partial charge in [0, 0.05) is 29.2 Å². The van der Waals surface area contributed by atoms with Gasteiger partial charge in [0.15, 0.2) is 5.78 Å². The first-order chi connectivity index (χ1) is 10.2. The maximum Gasteiger partial charge on any atom is 0.161 e. The van der Waals surface area contributed by atoms with Crippen molar-refractivity contribution in [3.8, 4) is 5.75 Å². The van der Waals surface area contributed by atoms with E-state index in [0.717, 1.165) is 28.8 Å². The van der Waals surface area contributed by atoms with E-state index in [9.17, 15) is 4.79 Å². The lowest BCUT2D eigenvalue weighted by molar-refractivity contribution is 0.101. The first kappa shape index (κ1) is 13.4. The fraction of sp³-hybridized carbons (Fsp3) is 0.167. The van der Waals surface area contributed by atoms with Crippen molar-refractivity contribution in [3.05, 3.63) is 65.9 Å². The number of ketones is 1. The molecule has 0 amide bonds. The summed E-state index contributed by atoms with van der Waals surface area (Å²) in [6.45, 7) is 2.35. The lowest BCUT2D eigenvalue weighted by Gasteiger charge is -2.06. The van der Waals surface area contributed by atoms with Crippen LogP contribution in [-0.2, 0) is 6.54 Å². The molecule has 3 aromatic rings. The number of carbonyl (C=O) groups excluding carboxylic acids is 1. The van der Waals surface area contributed by atoms with Gasteiger partial charge in [-0.2, -0.15) is 0 Å². The molecule has 21 heavy (non-hydrogen) atoms. The average molecular weight is 279 g/mol. The summed E-state index contributed by atoms with van der Waals surface area (Å²) in [4.78, 5) is 11.9. The van der Waals surface area contributed by atoms with Crippen molar-refractivity contribution in [2.45, 2.75) is 13.5 Å². The molecule has 0 radical (unpaired) electrons. The molecule has 0 atom stereocenters. The Kier molecular flexibility index (Phi) is 3.48. The summed E-state index contributed by atoms with van der Waals surface area (Å²) in [7, 11) is 1.63. The monoisotopic (exact) mass is 279 g/mol. The van der Waals surface area contributed by atoms with Gasteiger partial charge < -0.3 is 9.30 Å². The Labute approximate surface area is 123 Å². The quantitative estimate of drug-likeness (QED) is 0.678. The van der Waals surface area contributed by atoms with Crippen molar-refractivity contribution in [3.63, 3.8) is 0 Å². The Balaban J connectivity index is 2.13. The largest absolute Gasteiger partial charge is 0.497 e. The number of hydrogen-bond acceptors (Lipinski definition) is 2. The molecular formula is C18H17NO2. The molecule has 0 saturated heterocycles. The highest BCUT2D eigenvalue weighted by Gasteiger charge is 2.13. The number of methoxy groups -OCH3 is 1. The lowest BCUT2D eigenvalue weighted by atomic mass is 10.1. The number of ether oxygens (including phenoxy) is 1. The summed E-state index contributed by atoms with van der Waals surface area (Å²) in [6.07, 6.45) is 1.93. The van der Waals surface area contributed by atoms with Crippen molar-refractivity contribution in [1.29, 1.82) is 0 Å². The minimum atomic E-state index is 0.0695. The second kappa shape index (κ2) is 5.44. The minimum absolute atomic E-state index is 0.0695. The molecule has 0 aliphatic heterocycles. The van der Waals surface area contributed by atoms with Crippen LogP contribution in [0, 0.1) is 0 Å². The maximum atomic E-state index is 11.9. The third-order valence-electron chi connectivity index (χ3n) is 3.66. The molecule has 3 nitrogen and oxygen atoms in total. The van der Waals surface area contributed by atoms with Crippen LogP contribution in [0.15, 0.2) is 54.7 Å². The second-order valence-electron chi connectivity index (χ2n) is 5.10. The van der Waals surface area contributed by atoms with E-state index < -0.39 is 0 Å². The molecule has 0 spiro atoms. The summed E-state index contributed by atoms with van der Waals surface area (Å²) in [5.41, 5.74) is 2.99. The molecular weight excluding hydrogens is 262 g/mol. The maximum absolute atomic E-state index is 11.9. The number of nitrogens with zero attached hydrogens (tertiary/aromatic N) is 1. The number of carbonyl (C=O) groups is 1. The van der Waals surface area contributed by atoms with Crippen LogP contribution in [0.5, 0.6) is 5.75 Å². The molecule has 0 saturated carbocycles. The predicted molar refractivity (Wildman–Crippen MR) is 84.0 cm³/mol. The van der Waals surface area contributed by atoms with Crippen molar-refractivity contribution in [2.75, 3.05) is 7.11 Å². The van der Waals surface area contributed by atoms with Crippen LogP contribution in [0.3, 0.4) is 0 Å². The van der Waals surface area contributed by atoms with Crippen LogP contribution < -0.4 is 4.74 Å². The number of Topliss-reactive ketones (excluding diaryl/α,β-unsaturated/α-hetero) is 1. The molecule has 0 aliphatic carbocycles. The molecule has 2 aromatic carbocycles. The van der Waals surface area contributed by atoms with Crippen molar-refractivity contribution < 1.29 is 9.53 Å². The smallest absolute Gasteiger partial charge is 0.161 e. The summed E-state index contributed by atoms with van der Waals surface area (Å²) >= 11 is 0. The Morgan fingerprint density at radius 1 is 1.14 bits per heavy atom. The summed E-state index contributed by atoms with van der Waals surface area (Å²) in [5.74, 6) is 0.836. The van der Waals surface area contributed by atoms with E-state index >= 15 is 0 Å². The highest BCUT2D eigenvalue weighted by molar-refractivity contribution is 6.07. The van der Waals surface area contributed by atoms with Gasteiger partial charge in [-0.25, -0.2) is 0 Å². The van der Waals surface area contributed by atoms with Gasteiger partial charge in [0.1, 0.15) is 5.75 Å². The zero-order valence-electron chi connectivity index (χ0n) is 12.2. The fourth-order valence-corrected chi connectivity index (χ4v) is 2.59. The van der Waals surface area contributed by atoms with Gasteiger partial charge in [-0.15, -0.1) is 0 Å². The molecule has 1 heterocycles. The van der Waals surface area contributed by atoms with Gasteiger partial charge in [0.25, 0.3) is 0 Å². The Morgan fingerprint density at radius 3 is 2.57 bits per heavy atom. The zero-order valence-corrected chi connectivity index (χ0v) is 12.2. The highest BCUT2D eigenvalue weighted by Crippen LogP contribution is 2.27. The molecule has 0 bridgehead atoms. The minimum Gasteiger partial charge on any atom is -0.497 e. The molecule has 0 N–H and O–H groups in total. The normalized spacial score (nSPS) is 10.8. The summed E-state index contributed by atoms with van der Waals surface area (Å²) in [5, 5.41) is 0.942. The van der Waals surface area contributed by atoms with Crippen LogP contribution >= 0.6 is 0 Å². The van der Waals surface area contributed by atoms with Gasteiger partial charge >= 0.3 is 0 Å². The molecule has 3 rings (SSSR count). The molecule has 3 heteroatoms. The number of rotatable bonds is 4. The Bertz CT molecular complexity index is 788. The van der Waals surface area contributed by atoms with Gasteiger partial charge in [-0.05, 0) is 30.7 Å². The fourth-order valence-electron chi connectivity index (χ4n) is 2.59. The molecule has 1 aromatic heterocycles. The van der Waals surface area contributed by atoms with Crippen LogP contribution in [0.4, 0.5) is 0 Å². The van der Waals surface area contributed by atoms with Gasteiger partial charge in [0.05, 0.1) is 7.11 Å². The van der Waals surface area contributed by atoms with Crippen molar-refractivity contribution >= 4 is 16.7 Å². The number of fused-ring (bicyclic) bond motifs is 1. The highest BCUT2D eigenvalue weighted by atomic mass is 16.5. The van der Waals surface area contributed by atoms with Gasteiger partial charge in [-0.3, -0.25) is 4.79 Å². The standard InChI is InChI=1S/C18H17NO2/c1-13(20)17-12-19(11-14-6-4-3-5-7-14)18-9-8-15(21-2)10-16(17)18/h3-10,12H,11H2,1-2H3. The third-order valence-corrected chi connectivity index (χ3v) is 3.66. The predicted octanol–water partition coefficient (Wildman–Crippen LogP) is 3.90. The first-order valence-electron chi connectivity index (χ1n) is 6.91. The van der Waals surface area contributed by atoms with E-state index in [4.69, 9.17) is 4.74 Å². The van der Waals surface area contributed by atoms with Crippen LogP contribution in [0.1, 0.15) is 22.8 Å². The molecule has 106 valence electrons. The SMILES string of the molecule is COc1ccc2c(c1)c(C(C)=O)cn2Cc1ccccc1. The summed E-state index contributed by atoms with van der Waals surface area (Å²) in [6, 6.07) is 16.1. The van der Waals surface area contributed by atoms with E-state index in [1.165, 1.54) is 5.56 Å². The topological polar surface area (TPSA) is 31.2 Å². The van der Waals surface area contributed by atoms with E-state index in [-0.39, 0.29) is 5.78 Å². The van der Waals surface area contributed by atoms with Crippen LogP contribution in [0.2, 0.25) is 0 Å². The van der Waals surface area contributed by atoms with E-state index in [0.29, 0.717) is 0 Å². The number of aromatic nitrogens is 1. The Morgan fingerprint density at radius 2 is 1.90 bits per heavy atom. The molecule has 0 aliphatic rings. The number of hydrogen-bond donors (Lipinski definition) is 0. The Hall–Kier alpha value is -2.55. The van der Waals surface area contributed by atoms with Crippen molar-refractivity contribution in [2.24, 2.45) is 0 Å². The van der Waals surface area contributed by atoms with Gasteiger partial charge in [-0.1, -0.05) is 30.3 Å². The lowest BCUT2D eigenvalue weighted by Crippen LogP contribution is -1.97. The van der Waals surface area contributed by atoms with Crippen molar-refractivity contribution in [1.82, 2.24) is 4.57 Å². The van der Waals surface area contributed by atoms with Crippen LogP contribution in [0.25, 0.3) is 10.9 Å².